The van der Waals surface area contributed by atoms with Crippen LogP contribution in [0.2, 0.25) is 0 Å². The summed E-state index contributed by atoms with van der Waals surface area (Å²) in [6.07, 6.45) is 0.796. The Labute approximate surface area is 199 Å². The number of benzene rings is 2. The number of amides is 1. The summed E-state index contributed by atoms with van der Waals surface area (Å²) in [6.45, 7) is -0.445. The van der Waals surface area contributed by atoms with E-state index in [4.69, 9.17) is 4.74 Å². The van der Waals surface area contributed by atoms with Crippen LogP contribution in [0.25, 0.3) is 0 Å². The van der Waals surface area contributed by atoms with Gasteiger partial charge in [-0.1, -0.05) is 0 Å². The molecule has 0 unspecified atom stereocenters. The molecule has 15 heteroatoms. The summed E-state index contributed by atoms with van der Waals surface area (Å²) in [5.41, 5.74) is -0.261. The Morgan fingerprint density at radius 1 is 1.03 bits per heavy atom. The summed E-state index contributed by atoms with van der Waals surface area (Å²) in [5.74, 6) is -9.07. The largest absolute Gasteiger partial charge is 0.490 e. The molecule has 35 heavy (non-hydrogen) atoms. The summed E-state index contributed by atoms with van der Waals surface area (Å²) in [6, 6.07) is 1.95. The fourth-order valence-corrected chi connectivity index (χ4v) is 5.33. The van der Waals surface area contributed by atoms with Gasteiger partial charge in [0.2, 0.25) is 11.0 Å². The van der Waals surface area contributed by atoms with Crippen molar-refractivity contribution in [1.29, 1.82) is 0 Å². The van der Waals surface area contributed by atoms with E-state index in [-0.39, 0.29) is 30.3 Å². The second kappa shape index (κ2) is 9.73. The summed E-state index contributed by atoms with van der Waals surface area (Å²) < 4.78 is 106. The van der Waals surface area contributed by atoms with E-state index < -0.39 is 67.5 Å². The highest BCUT2D eigenvalue weighted by atomic mass is 32.2. The second-order valence-electron chi connectivity index (χ2n) is 7.54. The Balaban J connectivity index is 1.54. The number of halogens is 5. The molecule has 2 heterocycles. The highest BCUT2D eigenvalue weighted by Gasteiger charge is 2.34. The first-order valence-electron chi connectivity index (χ1n) is 9.87. The zero-order valence-electron chi connectivity index (χ0n) is 17.4. The molecule has 2 aromatic carbocycles. The van der Waals surface area contributed by atoms with Crippen LogP contribution < -0.4 is 14.8 Å². The Hall–Kier alpha value is -3.33. The number of anilines is 1. The van der Waals surface area contributed by atoms with E-state index in [2.05, 4.69) is 14.7 Å². The zero-order chi connectivity index (χ0) is 25.3. The molecule has 1 aliphatic rings. The molecule has 1 amide bonds. The lowest BCUT2D eigenvalue weighted by Crippen LogP contribution is -2.42. The Morgan fingerprint density at radius 2 is 1.77 bits per heavy atom. The lowest BCUT2D eigenvalue weighted by atomic mass is 9.81. The molecule has 1 aromatic heterocycles. The van der Waals surface area contributed by atoms with Gasteiger partial charge in [0, 0.05) is 54.5 Å². The molecule has 0 spiro atoms. The number of piperidine rings is 1. The number of ether oxygens (including phenoxy) is 1. The van der Waals surface area contributed by atoms with E-state index in [9.17, 15) is 35.2 Å². The van der Waals surface area contributed by atoms with E-state index in [1.807, 2.05) is 4.72 Å². The zero-order valence-corrected chi connectivity index (χ0v) is 19.0. The van der Waals surface area contributed by atoms with Crippen molar-refractivity contribution in [2.45, 2.75) is 17.2 Å². The van der Waals surface area contributed by atoms with Crippen LogP contribution >= 0.6 is 11.5 Å². The number of hydrogen-bond donors (Lipinski definition) is 2. The first-order valence-corrected chi connectivity index (χ1v) is 12.1. The molecule has 0 aliphatic carbocycles. The van der Waals surface area contributed by atoms with Crippen molar-refractivity contribution in [2.24, 2.45) is 5.92 Å². The normalized spacial score (nSPS) is 18.3. The molecule has 1 aliphatic heterocycles. The molecular formula is C20H15F5N4O4S2. The molecule has 0 radical (unpaired) electrons. The van der Waals surface area contributed by atoms with Crippen LogP contribution in [-0.2, 0) is 14.8 Å². The molecule has 0 saturated carbocycles. The number of rotatable bonds is 7. The Morgan fingerprint density at radius 3 is 2.49 bits per heavy atom. The Kier molecular flexibility index (Phi) is 6.89. The molecule has 8 nitrogen and oxygen atoms in total. The van der Waals surface area contributed by atoms with Crippen LogP contribution in [0.15, 0.2) is 35.5 Å². The molecule has 0 bridgehead atoms. The number of nitrogens with one attached hydrogen (secondary N) is 2. The standard InChI is InChI=1S/C20H15F5N4O4S2/c21-12-3-14(23)13(22)1-11(12)10-2-19(30)26-6-9(10)7-33-17-4-16(25)18(5-15(17)24)35(31,32)29-20-27-8-28-34-20/h1,3-5,8-10H,2,6-7H2,(H,26,30)(H,27,28,29)/t9-,10+/m0/s1. The maximum absolute atomic E-state index is 14.6. The van der Waals surface area contributed by atoms with Crippen LogP contribution in [-0.4, -0.2) is 36.8 Å². The van der Waals surface area contributed by atoms with Gasteiger partial charge in [0.25, 0.3) is 10.0 Å². The van der Waals surface area contributed by atoms with Crippen LogP contribution in [0.4, 0.5) is 27.1 Å². The minimum Gasteiger partial charge on any atom is -0.490 e. The van der Waals surface area contributed by atoms with E-state index in [0.717, 1.165) is 6.33 Å². The Bertz CT molecular complexity index is 1370. The van der Waals surface area contributed by atoms with Crippen LogP contribution in [0.1, 0.15) is 17.9 Å². The number of hydrogen-bond acceptors (Lipinski definition) is 7. The van der Waals surface area contributed by atoms with Gasteiger partial charge < -0.3 is 10.1 Å². The van der Waals surface area contributed by atoms with Crippen LogP contribution in [0.5, 0.6) is 5.75 Å². The van der Waals surface area contributed by atoms with E-state index in [1.54, 1.807) is 0 Å². The van der Waals surface area contributed by atoms with Crippen molar-refractivity contribution in [2.75, 3.05) is 17.9 Å². The van der Waals surface area contributed by atoms with Gasteiger partial charge in [0.1, 0.15) is 22.9 Å². The van der Waals surface area contributed by atoms with Gasteiger partial charge in [-0.05, 0) is 11.6 Å². The van der Waals surface area contributed by atoms with Gasteiger partial charge in [-0.25, -0.2) is 35.4 Å². The minimum atomic E-state index is -4.52. The van der Waals surface area contributed by atoms with Crippen LogP contribution in [0, 0.1) is 35.0 Å². The van der Waals surface area contributed by atoms with Gasteiger partial charge in [-0.3, -0.25) is 9.52 Å². The highest BCUT2D eigenvalue weighted by molar-refractivity contribution is 7.93. The molecule has 2 N–H and O–H groups in total. The number of carbonyl (C=O) groups is 1. The molecular weight excluding hydrogens is 519 g/mol. The van der Waals surface area contributed by atoms with Crippen molar-refractivity contribution in [3.05, 3.63) is 65.2 Å². The molecule has 1 fully saturated rings. The summed E-state index contributed by atoms with van der Waals surface area (Å²) >= 11 is 0.690. The van der Waals surface area contributed by atoms with Crippen molar-refractivity contribution >= 4 is 32.6 Å². The SMILES string of the molecule is O=C1C[C@@H](c2cc(F)c(F)cc2F)[C@H](COc2cc(F)c(S(=O)(=O)Nc3ncns3)cc2F)CN1. The molecule has 3 aromatic rings. The predicted octanol–water partition coefficient (Wildman–Crippen LogP) is 3.33. The molecule has 2 atom stereocenters. The third-order valence-corrected chi connectivity index (χ3v) is 7.35. The highest BCUT2D eigenvalue weighted by Crippen LogP contribution is 2.35. The third kappa shape index (κ3) is 5.35. The van der Waals surface area contributed by atoms with Crippen molar-refractivity contribution < 1.29 is 39.9 Å². The van der Waals surface area contributed by atoms with Crippen molar-refractivity contribution in [1.82, 2.24) is 14.7 Å². The number of sulfonamides is 1. The fraction of sp³-hybridized carbons (Fsp3) is 0.250. The summed E-state index contributed by atoms with van der Waals surface area (Å²) in [4.78, 5) is 14.5. The smallest absolute Gasteiger partial charge is 0.266 e. The van der Waals surface area contributed by atoms with Gasteiger partial charge in [0.15, 0.2) is 23.2 Å². The maximum Gasteiger partial charge on any atom is 0.266 e. The predicted molar refractivity (Wildman–Crippen MR) is 113 cm³/mol. The number of nitrogens with zero attached hydrogens (tertiary/aromatic N) is 2. The quantitative estimate of drug-likeness (QED) is 0.356. The maximum atomic E-state index is 14.6. The molecule has 4 rings (SSSR count). The topological polar surface area (TPSA) is 110 Å². The van der Waals surface area contributed by atoms with E-state index in [0.29, 0.717) is 35.8 Å². The van der Waals surface area contributed by atoms with Gasteiger partial charge in [-0.2, -0.15) is 4.37 Å². The number of carbonyl (C=O) groups excluding carboxylic acids is 1. The van der Waals surface area contributed by atoms with Gasteiger partial charge in [-0.15, -0.1) is 0 Å². The summed E-state index contributed by atoms with van der Waals surface area (Å²) in [7, 11) is -4.52. The van der Waals surface area contributed by atoms with Crippen LogP contribution in [0.3, 0.4) is 0 Å². The lowest BCUT2D eigenvalue weighted by molar-refractivity contribution is -0.123. The first kappa shape index (κ1) is 24.8. The third-order valence-electron chi connectivity index (χ3n) is 5.29. The molecule has 1 saturated heterocycles. The summed E-state index contributed by atoms with van der Waals surface area (Å²) in [5, 5.41) is 2.36. The average Bonchev–Trinajstić information content (AvgIpc) is 3.29. The monoisotopic (exact) mass is 534 g/mol. The van der Waals surface area contributed by atoms with Gasteiger partial charge in [0.05, 0.1) is 6.61 Å². The minimum absolute atomic E-state index is 0.0652. The van der Waals surface area contributed by atoms with Crippen molar-refractivity contribution in [3.63, 3.8) is 0 Å². The van der Waals surface area contributed by atoms with Gasteiger partial charge >= 0.3 is 0 Å². The first-order chi connectivity index (χ1) is 16.5. The fourth-order valence-electron chi connectivity index (χ4n) is 3.60. The van der Waals surface area contributed by atoms with E-state index in [1.165, 1.54) is 0 Å². The average molecular weight is 534 g/mol. The van der Waals surface area contributed by atoms with Crippen molar-refractivity contribution in [3.8, 4) is 5.75 Å². The van der Waals surface area contributed by atoms with E-state index >= 15 is 0 Å². The lowest BCUT2D eigenvalue weighted by Gasteiger charge is -2.32. The molecule has 186 valence electrons. The second-order valence-corrected chi connectivity index (χ2v) is 9.97. The number of aromatic nitrogens is 2.